The molecule has 0 aliphatic carbocycles. The van der Waals surface area contributed by atoms with Gasteiger partial charge < -0.3 is 14.4 Å². The highest BCUT2D eigenvalue weighted by Gasteiger charge is 2.55. The monoisotopic (exact) mass is 276 g/mol. The van der Waals surface area contributed by atoms with Crippen LogP contribution in [0.2, 0.25) is 0 Å². The van der Waals surface area contributed by atoms with E-state index in [-0.39, 0.29) is 17.7 Å². The summed E-state index contributed by atoms with van der Waals surface area (Å²) in [5, 5.41) is 0. The van der Waals surface area contributed by atoms with Gasteiger partial charge in [0.2, 0.25) is 0 Å². The lowest BCUT2D eigenvalue weighted by Crippen LogP contribution is -2.49. The fourth-order valence-electron chi connectivity index (χ4n) is 3.71. The van der Waals surface area contributed by atoms with E-state index in [1.54, 1.807) is 7.11 Å². The topological polar surface area (TPSA) is 42.0 Å². The van der Waals surface area contributed by atoms with Crippen LogP contribution in [0.25, 0.3) is 0 Å². The Labute approximate surface area is 119 Å². The molecule has 1 amide bonds. The van der Waals surface area contributed by atoms with Crippen molar-refractivity contribution < 1.29 is 14.3 Å². The third kappa shape index (κ3) is 1.52. The van der Waals surface area contributed by atoms with Crippen LogP contribution >= 0.6 is 0 Å². The van der Waals surface area contributed by atoms with Gasteiger partial charge in [-0.25, -0.2) is 4.79 Å². The molecule has 0 bridgehead atoms. The molecule has 3 rings (SSSR count). The first-order valence-corrected chi connectivity index (χ1v) is 6.79. The lowest BCUT2D eigenvalue weighted by Gasteiger charge is -2.33. The number of likely N-dealkylation sites (tertiary alicyclic amines) is 1. The summed E-state index contributed by atoms with van der Waals surface area (Å²) < 4.78 is 10.3. The molecule has 0 radical (unpaired) electrons. The van der Waals surface area contributed by atoms with Crippen LogP contribution in [-0.4, -0.2) is 45.0 Å². The Bertz CT molecular complexity index is 560. The molecule has 0 spiro atoms. The molecule has 0 N–H and O–H groups in total. The Morgan fingerprint density at radius 3 is 2.80 bits per heavy atom. The normalized spacial score (nSPS) is 27.3. The highest BCUT2D eigenvalue weighted by atomic mass is 16.5. The van der Waals surface area contributed by atoms with Crippen LogP contribution in [0.4, 0.5) is 10.5 Å². The minimum Gasteiger partial charge on any atom is -0.497 e. The minimum absolute atomic E-state index is 0.0112. The molecule has 108 valence electrons. The van der Waals surface area contributed by atoms with Crippen molar-refractivity contribution in [1.29, 1.82) is 0 Å². The number of likely N-dealkylation sites (N-methyl/N-ethyl adjacent to an activating group) is 1. The van der Waals surface area contributed by atoms with Crippen molar-refractivity contribution in [3.8, 4) is 5.75 Å². The van der Waals surface area contributed by atoms with Crippen molar-refractivity contribution in [3.05, 3.63) is 23.8 Å². The Hall–Kier alpha value is -1.91. The SMILES string of the molecule is COC(=O)N1CC[C@@]2(C)c3cc(OC)ccc3N(C)[C@@H]12. The summed E-state index contributed by atoms with van der Waals surface area (Å²) in [5.74, 6) is 0.857. The Morgan fingerprint density at radius 2 is 2.15 bits per heavy atom. The molecule has 1 fully saturated rings. The van der Waals surface area contributed by atoms with Gasteiger partial charge in [0.1, 0.15) is 11.9 Å². The molecular weight excluding hydrogens is 256 g/mol. The van der Waals surface area contributed by atoms with E-state index in [0.717, 1.165) is 24.4 Å². The Kier molecular flexibility index (Phi) is 2.81. The first-order chi connectivity index (χ1) is 9.52. The molecule has 1 aromatic rings. The third-order valence-corrected chi connectivity index (χ3v) is 4.71. The van der Waals surface area contributed by atoms with Gasteiger partial charge in [-0.1, -0.05) is 6.92 Å². The summed E-state index contributed by atoms with van der Waals surface area (Å²) in [7, 11) is 5.14. The molecule has 1 saturated heterocycles. The number of methoxy groups -OCH3 is 2. The van der Waals surface area contributed by atoms with Crippen LogP contribution in [-0.2, 0) is 10.2 Å². The van der Waals surface area contributed by atoms with E-state index in [1.165, 1.54) is 12.7 Å². The lowest BCUT2D eigenvalue weighted by molar-refractivity contribution is 0.114. The number of amides is 1. The van der Waals surface area contributed by atoms with Gasteiger partial charge in [0.25, 0.3) is 0 Å². The third-order valence-electron chi connectivity index (χ3n) is 4.71. The maximum Gasteiger partial charge on any atom is 0.411 e. The number of benzene rings is 1. The smallest absolute Gasteiger partial charge is 0.411 e. The summed E-state index contributed by atoms with van der Waals surface area (Å²) in [6, 6.07) is 6.11. The lowest BCUT2D eigenvalue weighted by atomic mass is 9.81. The standard InChI is InChI=1S/C15H20N2O3/c1-15-7-8-17(14(18)20-4)13(15)16(2)12-6-5-10(19-3)9-11(12)15/h5-6,9,13H,7-8H2,1-4H3/t13-,15-/m0/s1. The van der Waals surface area contributed by atoms with Crippen LogP contribution < -0.4 is 9.64 Å². The highest BCUT2D eigenvalue weighted by molar-refractivity contribution is 5.74. The van der Waals surface area contributed by atoms with E-state index < -0.39 is 0 Å². The largest absolute Gasteiger partial charge is 0.497 e. The zero-order valence-electron chi connectivity index (χ0n) is 12.3. The fourth-order valence-corrected chi connectivity index (χ4v) is 3.71. The second-order valence-electron chi connectivity index (χ2n) is 5.70. The Morgan fingerprint density at radius 1 is 1.40 bits per heavy atom. The van der Waals surface area contributed by atoms with E-state index in [9.17, 15) is 4.79 Å². The average molecular weight is 276 g/mol. The first-order valence-electron chi connectivity index (χ1n) is 6.79. The summed E-state index contributed by atoms with van der Waals surface area (Å²) in [5.41, 5.74) is 2.33. The maximum absolute atomic E-state index is 12.0. The number of anilines is 1. The van der Waals surface area contributed by atoms with E-state index in [1.807, 2.05) is 18.0 Å². The second kappa shape index (κ2) is 4.30. The van der Waals surface area contributed by atoms with Crippen molar-refractivity contribution in [2.24, 2.45) is 0 Å². The number of rotatable bonds is 1. The minimum atomic E-state index is -0.259. The average Bonchev–Trinajstić information content (AvgIpc) is 2.92. The fraction of sp³-hybridized carbons (Fsp3) is 0.533. The highest BCUT2D eigenvalue weighted by Crippen LogP contribution is 2.52. The van der Waals surface area contributed by atoms with Gasteiger partial charge in [0.05, 0.1) is 14.2 Å². The molecule has 2 aliphatic heterocycles. The van der Waals surface area contributed by atoms with Gasteiger partial charge in [0, 0.05) is 24.7 Å². The van der Waals surface area contributed by atoms with Gasteiger partial charge in [-0.3, -0.25) is 4.90 Å². The van der Waals surface area contributed by atoms with E-state index in [2.05, 4.69) is 24.0 Å². The second-order valence-corrected chi connectivity index (χ2v) is 5.70. The number of fused-ring (bicyclic) bond motifs is 3. The molecule has 2 heterocycles. The molecular formula is C15H20N2O3. The predicted octanol–water partition coefficient (Wildman–Crippen LogP) is 2.20. The molecule has 5 heteroatoms. The van der Waals surface area contributed by atoms with Crippen molar-refractivity contribution in [3.63, 3.8) is 0 Å². The molecule has 5 nitrogen and oxygen atoms in total. The molecule has 0 unspecified atom stereocenters. The van der Waals surface area contributed by atoms with Crippen LogP contribution in [0, 0.1) is 0 Å². The van der Waals surface area contributed by atoms with E-state index in [0.29, 0.717) is 0 Å². The predicted molar refractivity (Wildman–Crippen MR) is 76.3 cm³/mol. The number of ether oxygens (including phenoxy) is 2. The molecule has 2 atom stereocenters. The van der Waals surface area contributed by atoms with E-state index in [4.69, 9.17) is 9.47 Å². The van der Waals surface area contributed by atoms with E-state index >= 15 is 0 Å². The van der Waals surface area contributed by atoms with Crippen LogP contribution in [0.1, 0.15) is 18.9 Å². The molecule has 0 saturated carbocycles. The van der Waals surface area contributed by atoms with Gasteiger partial charge >= 0.3 is 6.09 Å². The van der Waals surface area contributed by atoms with Crippen LogP contribution in [0.15, 0.2) is 18.2 Å². The summed E-state index contributed by atoms with van der Waals surface area (Å²) in [4.78, 5) is 15.9. The zero-order chi connectivity index (χ0) is 14.5. The van der Waals surface area contributed by atoms with Crippen molar-refractivity contribution in [2.75, 3.05) is 32.7 Å². The number of hydrogen-bond donors (Lipinski definition) is 0. The van der Waals surface area contributed by atoms with Gasteiger partial charge in [0.15, 0.2) is 0 Å². The zero-order valence-corrected chi connectivity index (χ0v) is 12.3. The molecule has 0 aromatic heterocycles. The van der Waals surface area contributed by atoms with Gasteiger partial charge in [-0.05, 0) is 30.2 Å². The Balaban J connectivity index is 2.07. The number of carbonyl (C=O) groups excluding carboxylic acids is 1. The van der Waals surface area contributed by atoms with Crippen LogP contribution in [0.3, 0.4) is 0 Å². The quantitative estimate of drug-likeness (QED) is 0.788. The number of nitrogens with zero attached hydrogens (tertiary/aromatic N) is 2. The van der Waals surface area contributed by atoms with Crippen LogP contribution in [0.5, 0.6) is 5.75 Å². The summed E-state index contributed by atoms with van der Waals surface area (Å²) in [6.45, 7) is 2.93. The first kappa shape index (κ1) is 13.1. The maximum atomic E-state index is 12.0. The summed E-state index contributed by atoms with van der Waals surface area (Å²) >= 11 is 0. The van der Waals surface area contributed by atoms with Gasteiger partial charge in [-0.2, -0.15) is 0 Å². The number of hydrogen-bond acceptors (Lipinski definition) is 4. The van der Waals surface area contributed by atoms with Crippen molar-refractivity contribution >= 4 is 11.8 Å². The van der Waals surface area contributed by atoms with Gasteiger partial charge in [-0.15, -0.1) is 0 Å². The van der Waals surface area contributed by atoms with Crippen molar-refractivity contribution in [1.82, 2.24) is 4.90 Å². The molecule has 20 heavy (non-hydrogen) atoms. The number of carbonyl (C=O) groups is 1. The summed E-state index contributed by atoms with van der Waals surface area (Å²) in [6.07, 6.45) is 0.680. The molecule has 1 aromatic carbocycles. The molecule has 2 aliphatic rings. The van der Waals surface area contributed by atoms with Crippen molar-refractivity contribution in [2.45, 2.75) is 24.9 Å².